The zero-order valence-corrected chi connectivity index (χ0v) is 21.4. The number of carbonyl (C=O) groups excluding carboxylic acids is 2. The normalized spacial score (nSPS) is 11.9. The monoisotopic (exact) mass is 538 g/mol. The van der Waals surface area contributed by atoms with Crippen LogP contribution >= 0.6 is 27.5 Å². The fraction of sp³-hybridized carbons (Fsp3) is 0.192. The minimum atomic E-state index is -0.195. The largest absolute Gasteiger partial charge is 0.350 e. The van der Waals surface area contributed by atoms with Gasteiger partial charge in [-0.15, -0.1) is 0 Å². The van der Waals surface area contributed by atoms with Crippen LogP contribution in [0, 0.1) is 0 Å². The van der Waals surface area contributed by atoms with Gasteiger partial charge >= 0.3 is 0 Å². The third kappa shape index (κ3) is 5.32. The van der Waals surface area contributed by atoms with Gasteiger partial charge in [-0.25, -0.2) is 4.98 Å². The average Bonchev–Trinajstić information content (AvgIpc) is 3.10. The summed E-state index contributed by atoms with van der Waals surface area (Å²) in [4.78, 5) is 28.9. The van der Waals surface area contributed by atoms with E-state index in [4.69, 9.17) is 16.6 Å². The van der Waals surface area contributed by atoms with Crippen molar-refractivity contribution in [3.8, 4) is 0 Å². The first kappa shape index (κ1) is 24.0. The molecule has 0 saturated heterocycles. The summed E-state index contributed by atoms with van der Waals surface area (Å²) in [6, 6.07) is 18.6. The standard InChI is InChI=1S/C26H24BrClN4O2/c1-15(29-16(2)33)17-4-10-22(28)19(12-17)14-25-31-23-13-18(5-11-24(23)32(25)3)26(34)30-21-8-6-20(27)7-9-21/h4-13,15H,14H2,1-3H3,(H,29,33)(H,30,34). The molecule has 0 spiro atoms. The van der Waals surface area contributed by atoms with Crippen molar-refractivity contribution in [2.45, 2.75) is 26.3 Å². The van der Waals surface area contributed by atoms with E-state index in [1.54, 1.807) is 12.1 Å². The van der Waals surface area contributed by atoms with Crippen molar-refractivity contribution < 1.29 is 9.59 Å². The molecule has 3 aromatic carbocycles. The van der Waals surface area contributed by atoms with Gasteiger partial charge < -0.3 is 15.2 Å². The fourth-order valence-corrected chi connectivity index (χ4v) is 4.29. The van der Waals surface area contributed by atoms with E-state index in [1.807, 2.05) is 67.1 Å². The van der Waals surface area contributed by atoms with E-state index in [0.717, 1.165) is 38.1 Å². The Hall–Kier alpha value is -3.16. The van der Waals surface area contributed by atoms with Crippen LogP contribution in [0.25, 0.3) is 11.0 Å². The lowest BCUT2D eigenvalue weighted by molar-refractivity contribution is -0.119. The van der Waals surface area contributed by atoms with E-state index in [-0.39, 0.29) is 17.9 Å². The third-order valence-electron chi connectivity index (χ3n) is 5.68. The van der Waals surface area contributed by atoms with Gasteiger partial charge in [0.1, 0.15) is 5.82 Å². The van der Waals surface area contributed by atoms with Crippen LogP contribution in [0.2, 0.25) is 5.02 Å². The summed E-state index contributed by atoms with van der Waals surface area (Å²) in [6.45, 7) is 3.44. The Morgan fingerprint density at radius 3 is 2.53 bits per heavy atom. The van der Waals surface area contributed by atoms with E-state index >= 15 is 0 Å². The van der Waals surface area contributed by atoms with Crippen molar-refractivity contribution in [3.63, 3.8) is 0 Å². The van der Waals surface area contributed by atoms with Gasteiger partial charge in [-0.2, -0.15) is 0 Å². The summed E-state index contributed by atoms with van der Waals surface area (Å²) < 4.78 is 2.95. The van der Waals surface area contributed by atoms with Gasteiger partial charge in [-0.1, -0.05) is 39.7 Å². The number of aryl methyl sites for hydroxylation is 1. The Labute approximate surface area is 211 Å². The Bertz CT molecular complexity index is 1380. The number of rotatable bonds is 6. The first-order valence-corrected chi connectivity index (χ1v) is 12.0. The molecule has 0 bridgehead atoms. The average molecular weight is 540 g/mol. The number of anilines is 1. The topological polar surface area (TPSA) is 76.0 Å². The van der Waals surface area contributed by atoms with Crippen molar-refractivity contribution in [2.75, 3.05) is 5.32 Å². The molecule has 4 rings (SSSR count). The van der Waals surface area contributed by atoms with Crippen molar-refractivity contribution in [1.82, 2.24) is 14.9 Å². The zero-order valence-electron chi connectivity index (χ0n) is 19.0. The maximum atomic E-state index is 12.7. The number of imidazole rings is 1. The molecule has 0 aliphatic heterocycles. The van der Waals surface area contributed by atoms with E-state index in [9.17, 15) is 9.59 Å². The van der Waals surface area contributed by atoms with E-state index in [2.05, 4.69) is 26.6 Å². The maximum absolute atomic E-state index is 12.7. The van der Waals surface area contributed by atoms with Crippen LogP contribution in [0.4, 0.5) is 5.69 Å². The van der Waals surface area contributed by atoms with Gasteiger partial charge in [-0.05, 0) is 66.6 Å². The number of nitrogens with zero attached hydrogens (tertiary/aromatic N) is 2. The molecule has 2 amide bonds. The van der Waals surface area contributed by atoms with E-state index in [0.29, 0.717) is 17.0 Å². The predicted octanol–water partition coefficient (Wildman–Crippen LogP) is 6.03. The highest BCUT2D eigenvalue weighted by Gasteiger charge is 2.15. The molecule has 174 valence electrons. The molecule has 1 heterocycles. The number of carbonyl (C=O) groups is 2. The summed E-state index contributed by atoms with van der Waals surface area (Å²) in [7, 11) is 1.95. The summed E-state index contributed by atoms with van der Waals surface area (Å²) in [5.41, 5.74) is 4.81. The van der Waals surface area contributed by atoms with Crippen LogP contribution in [0.15, 0.2) is 65.1 Å². The molecule has 0 aliphatic carbocycles. The van der Waals surface area contributed by atoms with Gasteiger partial charge in [0.05, 0.1) is 17.1 Å². The van der Waals surface area contributed by atoms with Crippen molar-refractivity contribution >= 4 is 56.1 Å². The second kappa shape index (κ2) is 9.99. The van der Waals surface area contributed by atoms with E-state index in [1.165, 1.54) is 6.92 Å². The Morgan fingerprint density at radius 1 is 1.09 bits per heavy atom. The molecule has 0 fully saturated rings. The highest BCUT2D eigenvalue weighted by molar-refractivity contribution is 9.10. The number of aromatic nitrogens is 2. The first-order valence-electron chi connectivity index (χ1n) is 10.8. The maximum Gasteiger partial charge on any atom is 0.255 e. The molecule has 4 aromatic rings. The summed E-state index contributed by atoms with van der Waals surface area (Å²) in [5.74, 6) is 0.546. The van der Waals surface area contributed by atoms with Crippen LogP contribution < -0.4 is 10.6 Å². The Kier molecular flexibility index (Phi) is 7.05. The number of fused-ring (bicyclic) bond motifs is 1. The predicted molar refractivity (Wildman–Crippen MR) is 139 cm³/mol. The van der Waals surface area contributed by atoms with Crippen molar-refractivity contribution in [1.29, 1.82) is 0 Å². The van der Waals surface area contributed by atoms with Gasteiger partial charge in [0.2, 0.25) is 5.91 Å². The first-order chi connectivity index (χ1) is 16.2. The van der Waals surface area contributed by atoms with Crippen LogP contribution in [0.3, 0.4) is 0 Å². The molecule has 0 aliphatic rings. The number of benzene rings is 3. The quantitative estimate of drug-likeness (QED) is 0.314. The lowest BCUT2D eigenvalue weighted by Gasteiger charge is -2.15. The number of nitrogens with one attached hydrogen (secondary N) is 2. The second-order valence-corrected chi connectivity index (χ2v) is 9.52. The van der Waals surface area contributed by atoms with E-state index < -0.39 is 0 Å². The van der Waals surface area contributed by atoms with Crippen molar-refractivity contribution in [3.05, 3.63) is 92.7 Å². The Morgan fingerprint density at radius 2 is 1.82 bits per heavy atom. The van der Waals surface area contributed by atoms with Crippen LogP contribution in [0.1, 0.15) is 47.2 Å². The molecule has 8 heteroatoms. The lowest BCUT2D eigenvalue weighted by atomic mass is 10.0. The molecular weight excluding hydrogens is 516 g/mol. The third-order valence-corrected chi connectivity index (χ3v) is 6.57. The molecule has 0 radical (unpaired) electrons. The molecule has 1 unspecified atom stereocenters. The van der Waals surface area contributed by atoms with Crippen molar-refractivity contribution in [2.24, 2.45) is 7.05 Å². The number of hydrogen-bond acceptors (Lipinski definition) is 3. The minimum Gasteiger partial charge on any atom is -0.350 e. The molecule has 1 aromatic heterocycles. The summed E-state index contributed by atoms with van der Waals surface area (Å²) in [6.07, 6.45) is 0.519. The smallest absolute Gasteiger partial charge is 0.255 e. The number of hydrogen-bond donors (Lipinski definition) is 2. The van der Waals surface area contributed by atoms with Crippen LogP contribution in [0.5, 0.6) is 0 Å². The summed E-state index contributed by atoms with van der Waals surface area (Å²) >= 11 is 9.87. The molecule has 34 heavy (non-hydrogen) atoms. The molecule has 0 saturated carbocycles. The van der Waals surface area contributed by atoms with Gasteiger partial charge in [0.15, 0.2) is 0 Å². The van der Waals surface area contributed by atoms with Gasteiger partial charge in [0, 0.05) is 41.1 Å². The van der Waals surface area contributed by atoms with Gasteiger partial charge in [0.25, 0.3) is 5.91 Å². The second-order valence-electron chi connectivity index (χ2n) is 8.20. The van der Waals surface area contributed by atoms with Crippen LogP contribution in [-0.2, 0) is 18.3 Å². The van der Waals surface area contributed by atoms with Gasteiger partial charge in [-0.3, -0.25) is 9.59 Å². The number of halogens is 2. The summed E-state index contributed by atoms with van der Waals surface area (Å²) in [5, 5.41) is 6.44. The molecule has 6 nitrogen and oxygen atoms in total. The molecular formula is C26H24BrClN4O2. The molecule has 1 atom stereocenters. The lowest BCUT2D eigenvalue weighted by Crippen LogP contribution is -2.23. The molecule has 2 N–H and O–H groups in total. The fourth-order valence-electron chi connectivity index (χ4n) is 3.84. The zero-order chi connectivity index (χ0) is 24.4. The Balaban J connectivity index is 1.58. The highest BCUT2D eigenvalue weighted by Crippen LogP contribution is 2.26. The van der Waals surface area contributed by atoms with Crippen LogP contribution in [-0.4, -0.2) is 21.4 Å². The minimum absolute atomic E-state index is 0.0840. The SMILES string of the molecule is CC(=O)NC(C)c1ccc(Cl)c(Cc2nc3cc(C(=O)Nc4ccc(Br)cc4)ccc3n2C)c1. The highest BCUT2D eigenvalue weighted by atomic mass is 79.9. The number of amides is 2.